The second kappa shape index (κ2) is 9.33. The molecule has 1 atom stereocenters. The molecule has 29 heavy (non-hydrogen) atoms. The van der Waals surface area contributed by atoms with Crippen LogP contribution in [0.3, 0.4) is 0 Å². The first kappa shape index (κ1) is 20.5. The molecule has 2 aliphatic rings. The molecule has 4 rings (SSSR count). The van der Waals surface area contributed by atoms with Crippen LogP contribution in [0.5, 0.6) is 0 Å². The van der Waals surface area contributed by atoms with Gasteiger partial charge in [-0.2, -0.15) is 0 Å². The molecule has 1 saturated heterocycles. The van der Waals surface area contributed by atoms with Crippen molar-refractivity contribution in [1.82, 2.24) is 14.5 Å². The fraction of sp³-hybridized carbons (Fsp3) is 0.609. The Kier molecular flexibility index (Phi) is 6.58. The molecule has 2 fully saturated rings. The maximum Gasteiger partial charge on any atom is 0.262 e. The SMILES string of the molecule is CCC1CCCCN1C(=O)CSc1nc2ccccc2c(=O)n1C1CCCCC1. The molecule has 1 aromatic carbocycles. The molecule has 1 unspecified atom stereocenters. The molecule has 1 saturated carbocycles. The highest BCUT2D eigenvalue weighted by Crippen LogP contribution is 2.31. The molecule has 1 aliphatic heterocycles. The Morgan fingerprint density at radius 1 is 1.10 bits per heavy atom. The molecule has 0 radical (unpaired) electrons. The second-order valence-corrected chi connectivity index (χ2v) is 9.25. The lowest BCUT2D eigenvalue weighted by Gasteiger charge is -2.35. The zero-order valence-electron chi connectivity index (χ0n) is 17.3. The zero-order valence-corrected chi connectivity index (χ0v) is 18.1. The van der Waals surface area contributed by atoms with Crippen LogP contribution in [0.15, 0.2) is 34.2 Å². The van der Waals surface area contributed by atoms with Crippen molar-refractivity contribution < 1.29 is 4.79 Å². The fourth-order valence-corrected chi connectivity index (χ4v) is 5.80. The van der Waals surface area contributed by atoms with Crippen LogP contribution in [-0.4, -0.2) is 38.7 Å². The minimum absolute atomic E-state index is 0.0434. The molecule has 2 aromatic rings. The molecule has 0 N–H and O–H groups in total. The number of amides is 1. The van der Waals surface area contributed by atoms with Gasteiger partial charge in [0.25, 0.3) is 5.56 Å². The molecule has 1 amide bonds. The summed E-state index contributed by atoms with van der Waals surface area (Å²) in [6.07, 6.45) is 10.00. The minimum Gasteiger partial charge on any atom is -0.339 e. The van der Waals surface area contributed by atoms with Gasteiger partial charge in [0.2, 0.25) is 5.91 Å². The Morgan fingerprint density at radius 3 is 2.66 bits per heavy atom. The van der Waals surface area contributed by atoms with E-state index < -0.39 is 0 Å². The smallest absolute Gasteiger partial charge is 0.262 e. The molecule has 0 bridgehead atoms. The topological polar surface area (TPSA) is 55.2 Å². The van der Waals surface area contributed by atoms with E-state index in [-0.39, 0.29) is 17.5 Å². The molecule has 2 heterocycles. The van der Waals surface area contributed by atoms with Crippen LogP contribution in [0.4, 0.5) is 0 Å². The van der Waals surface area contributed by atoms with Gasteiger partial charge in [0, 0.05) is 18.6 Å². The summed E-state index contributed by atoms with van der Waals surface area (Å²) in [5, 5.41) is 1.38. The fourth-order valence-electron chi connectivity index (χ4n) is 4.85. The van der Waals surface area contributed by atoms with Gasteiger partial charge in [0.15, 0.2) is 5.16 Å². The first-order valence-electron chi connectivity index (χ1n) is 11.1. The number of thioether (sulfide) groups is 1. The average Bonchev–Trinajstić information content (AvgIpc) is 2.78. The van der Waals surface area contributed by atoms with Crippen LogP contribution in [-0.2, 0) is 4.79 Å². The maximum absolute atomic E-state index is 13.3. The average molecular weight is 414 g/mol. The third-order valence-corrected chi connectivity index (χ3v) is 7.40. The summed E-state index contributed by atoms with van der Waals surface area (Å²) in [7, 11) is 0. The number of aromatic nitrogens is 2. The quantitative estimate of drug-likeness (QED) is 0.523. The number of nitrogens with zero attached hydrogens (tertiary/aromatic N) is 3. The third kappa shape index (κ3) is 4.37. The Morgan fingerprint density at radius 2 is 1.86 bits per heavy atom. The lowest BCUT2D eigenvalue weighted by atomic mass is 9.95. The highest BCUT2D eigenvalue weighted by Gasteiger charge is 2.27. The molecule has 6 heteroatoms. The number of benzene rings is 1. The van der Waals surface area contributed by atoms with Crippen molar-refractivity contribution in [3.63, 3.8) is 0 Å². The van der Waals surface area contributed by atoms with Crippen LogP contribution in [0.2, 0.25) is 0 Å². The van der Waals surface area contributed by atoms with Gasteiger partial charge >= 0.3 is 0 Å². The monoisotopic (exact) mass is 413 g/mol. The zero-order chi connectivity index (χ0) is 20.2. The van der Waals surface area contributed by atoms with E-state index in [1.54, 1.807) is 0 Å². The number of carbonyl (C=O) groups is 1. The summed E-state index contributed by atoms with van der Waals surface area (Å²) >= 11 is 1.44. The summed E-state index contributed by atoms with van der Waals surface area (Å²) in [6, 6.07) is 8.13. The van der Waals surface area contributed by atoms with E-state index in [0.29, 0.717) is 22.3 Å². The number of carbonyl (C=O) groups excluding carboxylic acids is 1. The van der Waals surface area contributed by atoms with Crippen LogP contribution in [0.1, 0.15) is 70.8 Å². The number of hydrogen-bond acceptors (Lipinski definition) is 4. The summed E-state index contributed by atoms with van der Waals surface area (Å²) in [6.45, 7) is 3.02. The molecule has 0 spiro atoms. The van der Waals surface area contributed by atoms with Gasteiger partial charge in [0.1, 0.15) is 0 Å². The van der Waals surface area contributed by atoms with E-state index in [0.717, 1.165) is 57.0 Å². The van der Waals surface area contributed by atoms with Crippen LogP contribution < -0.4 is 5.56 Å². The third-order valence-electron chi connectivity index (χ3n) is 6.46. The van der Waals surface area contributed by atoms with Crippen molar-refractivity contribution in [2.24, 2.45) is 0 Å². The summed E-state index contributed by atoms with van der Waals surface area (Å²) in [5.41, 5.74) is 0.769. The number of fused-ring (bicyclic) bond motifs is 1. The van der Waals surface area contributed by atoms with E-state index >= 15 is 0 Å². The Balaban J connectivity index is 1.61. The van der Waals surface area contributed by atoms with Crippen molar-refractivity contribution in [2.75, 3.05) is 12.3 Å². The van der Waals surface area contributed by atoms with Gasteiger partial charge in [0.05, 0.1) is 16.7 Å². The van der Waals surface area contributed by atoms with E-state index in [1.165, 1.54) is 24.6 Å². The van der Waals surface area contributed by atoms with Crippen molar-refractivity contribution in [3.8, 4) is 0 Å². The van der Waals surface area contributed by atoms with Crippen molar-refractivity contribution in [1.29, 1.82) is 0 Å². The van der Waals surface area contributed by atoms with E-state index in [2.05, 4.69) is 11.8 Å². The predicted octanol–water partition coefficient (Wildman–Crippen LogP) is 4.78. The first-order chi connectivity index (χ1) is 14.2. The van der Waals surface area contributed by atoms with Gasteiger partial charge in [-0.15, -0.1) is 0 Å². The van der Waals surface area contributed by atoms with E-state index in [4.69, 9.17) is 4.98 Å². The van der Waals surface area contributed by atoms with Crippen LogP contribution >= 0.6 is 11.8 Å². The van der Waals surface area contributed by atoms with Gasteiger partial charge in [-0.1, -0.05) is 50.1 Å². The number of likely N-dealkylation sites (tertiary alicyclic amines) is 1. The van der Waals surface area contributed by atoms with Crippen LogP contribution in [0.25, 0.3) is 10.9 Å². The van der Waals surface area contributed by atoms with Gasteiger partial charge in [-0.3, -0.25) is 14.2 Å². The Labute approximate surface area is 176 Å². The lowest BCUT2D eigenvalue weighted by molar-refractivity contribution is -0.132. The van der Waals surface area contributed by atoms with E-state index in [1.807, 2.05) is 28.8 Å². The van der Waals surface area contributed by atoms with Gasteiger partial charge < -0.3 is 4.90 Å². The number of para-hydroxylation sites is 1. The normalized spacial score (nSPS) is 20.9. The summed E-state index contributed by atoms with van der Waals surface area (Å²) < 4.78 is 1.90. The molecule has 5 nitrogen and oxygen atoms in total. The minimum atomic E-state index is 0.0434. The van der Waals surface area contributed by atoms with Crippen molar-refractivity contribution in [3.05, 3.63) is 34.6 Å². The second-order valence-electron chi connectivity index (χ2n) is 8.31. The van der Waals surface area contributed by atoms with Crippen molar-refractivity contribution in [2.45, 2.75) is 82.0 Å². The number of rotatable bonds is 5. The lowest BCUT2D eigenvalue weighted by Crippen LogP contribution is -2.44. The maximum atomic E-state index is 13.3. The van der Waals surface area contributed by atoms with Crippen molar-refractivity contribution >= 4 is 28.6 Å². The molecule has 1 aliphatic carbocycles. The van der Waals surface area contributed by atoms with Gasteiger partial charge in [-0.25, -0.2) is 4.98 Å². The standard InChI is InChI=1S/C23H31N3O2S/c1-2-17-10-8-9-15-25(17)21(27)16-29-23-24-20-14-7-6-13-19(20)22(28)26(23)18-11-4-3-5-12-18/h6-7,13-14,17-18H,2-5,8-12,15-16H2,1H3. The number of hydrogen-bond donors (Lipinski definition) is 0. The molecular weight excluding hydrogens is 382 g/mol. The highest BCUT2D eigenvalue weighted by molar-refractivity contribution is 7.99. The Bertz CT molecular complexity index is 920. The molecular formula is C23H31N3O2S. The van der Waals surface area contributed by atoms with Gasteiger partial charge in [-0.05, 0) is 50.7 Å². The highest BCUT2D eigenvalue weighted by atomic mass is 32.2. The molecule has 156 valence electrons. The summed E-state index contributed by atoms with van der Waals surface area (Å²) in [5.74, 6) is 0.535. The van der Waals surface area contributed by atoms with E-state index in [9.17, 15) is 9.59 Å². The first-order valence-corrected chi connectivity index (χ1v) is 12.1. The predicted molar refractivity (Wildman–Crippen MR) is 118 cm³/mol. The van der Waals surface area contributed by atoms with Crippen LogP contribution in [0, 0.1) is 0 Å². The number of piperidine rings is 1. The summed E-state index contributed by atoms with van der Waals surface area (Å²) in [4.78, 5) is 33.2. The largest absolute Gasteiger partial charge is 0.339 e. The Hall–Kier alpha value is -1.82. The molecule has 1 aromatic heterocycles.